The van der Waals surface area contributed by atoms with Crippen molar-refractivity contribution >= 4 is 11.8 Å². The average Bonchev–Trinajstić information content (AvgIpc) is 2.16. The highest BCUT2D eigenvalue weighted by atomic mass is 16.7. The first-order valence-corrected chi connectivity index (χ1v) is 4.22. The Morgan fingerprint density at radius 2 is 2.07 bits per heavy atom. The van der Waals surface area contributed by atoms with E-state index in [9.17, 15) is 4.79 Å². The maximum Gasteiger partial charge on any atom is 0.332 e. The van der Waals surface area contributed by atoms with E-state index in [1.807, 2.05) is 30.3 Å². The molecule has 1 aromatic rings. The number of oxime groups is 1. The summed E-state index contributed by atoms with van der Waals surface area (Å²) < 4.78 is 0. The number of hydrogen-bond donors (Lipinski definition) is 1. The van der Waals surface area contributed by atoms with Crippen LogP contribution < -0.4 is 5.73 Å². The maximum absolute atomic E-state index is 10.4. The molecular formula is C10H12N2O2. The lowest BCUT2D eigenvalue weighted by molar-refractivity contribution is -0.140. The molecule has 0 aliphatic heterocycles. The van der Waals surface area contributed by atoms with Gasteiger partial charge in [0.2, 0.25) is 0 Å². The summed E-state index contributed by atoms with van der Waals surface area (Å²) in [4.78, 5) is 14.8. The second-order valence-corrected chi connectivity index (χ2v) is 2.83. The topological polar surface area (TPSA) is 64.7 Å². The molecule has 0 aliphatic rings. The minimum atomic E-state index is -0.471. The maximum atomic E-state index is 10.4. The van der Waals surface area contributed by atoms with Gasteiger partial charge in [-0.1, -0.05) is 35.5 Å². The van der Waals surface area contributed by atoms with Crippen molar-refractivity contribution in [3.8, 4) is 0 Å². The van der Waals surface area contributed by atoms with Crippen LogP contribution in [-0.4, -0.2) is 11.8 Å². The van der Waals surface area contributed by atoms with Gasteiger partial charge in [0.25, 0.3) is 0 Å². The van der Waals surface area contributed by atoms with E-state index in [1.54, 1.807) is 0 Å². The van der Waals surface area contributed by atoms with Gasteiger partial charge in [-0.2, -0.15) is 0 Å². The van der Waals surface area contributed by atoms with E-state index in [0.29, 0.717) is 6.42 Å². The highest BCUT2D eigenvalue weighted by Gasteiger charge is 1.97. The Hall–Kier alpha value is -1.84. The van der Waals surface area contributed by atoms with Crippen LogP contribution in [0, 0.1) is 0 Å². The van der Waals surface area contributed by atoms with E-state index >= 15 is 0 Å². The summed E-state index contributed by atoms with van der Waals surface area (Å²) in [5.74, 6) is -0.188. The van der Waals surface area contributed by atoms with Crippen molar-refractivity contribution in [2.45, 2.75) is 13.3 Å². The third kappa shape index (κ3) is 3.71. The number of amidine groups is 1. The molecule has 0 unspecified atom stereocenters. The van der Waals surface area contributed by atoms with Gasteiger partial charge in [0.1, 0.15) is 5.84 Å². The number of carbonyl (C=O) groups is 1. The smallest absolute Gasteiger partial charge is 0.332 e. The number of rotatable bonds is 3. The van der Waals surface area contributed by atoms with Gasteiger partial charge in [0, 0.05) is 13.3 Å². The molecule has 2 N–H and O–H groups in total. The molecule has 0 spiro atoms. The van der Waals surface area contributed by atoms with Gasteiger partial charge in [0.05, 0.1) is 0 Å². The van der Waals surface area contributed by atoms with E-state index in [0.717, 1.165) is 5.56 Å². The minimum absolute atomic E-state index is 0.284. The van der Waals surface area contributed by atoms with E-state index in [2.05, 4.69) is 9.99 Å². The van der Waals surface area contributed by atoms with Gasteiger partial charge in [-0.25, -0.2) is 4.79 Å². The molecule has 0 fully saturated rings. The second-order valence-electron chi connectivity index (χ2n) is 2.83. The average molecular weight is 192 g/mol. The molecule has 0 amide bonds. The van der Waals surface area contributed by atoms with Gasteiger partial charge in [0.15, 0.2) is 0 Å². The molecule has 1 aromatic carbocycles. The Kier molecular flexibility index (Phi) is 3.67. The molecule has 74 valence electrons. The Morgan fingerprint density at radius 1 is 1.43 bits per heavy atom. The van der Waals surface area contributed by atoms with Crippen molar-refractivity contribution in [2.75, 3.05) is 0 Å². The van der Waals surface area contributed by atoms with Crippen molar-refractivity contribution in [3.05, 3.63) is 35.9 Å². The van der Waals surface area contributed by atoms with Crippen LogP contribution >= 0.6 is 0 Å². The Balaban J connectivity index is 2.53. The fourth-order valence-electron chi connectivity index (χ4n) is 0.960. The minimum Gasteiger partial charge on any atom is -0.384 e. The molecular weight excluding hydrogens is 180 g/mol. The molecule has 1 rings (SSSR count). The van der Waals surface area contributed by atoms with Crippen LogP contribution in [0.2, 0.25) is 0 Å². The van der Waals surface area contributed by atoms with E-state index in [1.165, 1.54) is 6.92 Å². The van der Waals surface area contributed by atoms with Crippen LogP contribution in [0.25, 0.3) is 0 Å². The summed E-state index contributed by atoms with van der Waals surface area (Å²) in [5, 5.41) is 3.46. The first-order chi connectivity index (χ1) is 6.68. The Bertz CT molecular complexity index is 333. The summed E-state index contributed by atoms with van der Waals surface area (Å²) in [7, 11) is 0. The zero-order chi connectivity index (χ0) is 10.4. The monoisotopic (exact) mass is 192 g/mol. The van der Waals surface area contributed by atoms with Gasteiger partial charge < -0.3 is 10.6 Å². The van der Waals surface area contributed by atoms with Gasteiger partial charge in [-0.3, -0.25) is 0 Å². The third-order valence-corrected chi connectivity index (χ3v) is 1.52. The fourth-order valence-corrected chi connectivity index (χ4v) is 0.960. The van der Waals surface area contributed by atoms with E-state index in [4.69, 9.17) is 5.73 Å². The van der Waals surface area contributed by atoms with Crippen LogP contribution in [0.3, 0.4) is 0 Å². The zero-order valence-corrected chi connectivity index (χ0v) is 7.93. The van der Waals surface area contributed by atoms with Crippen LogP contribution in [0.15, 0.2) is 35.5 Å². The SMILES string of the molecule is CC(=O)O/N=C(/N)Cc1ccccc1. The Morgan fingerprint density at radius 3 is 2.64 bits per heavy atom. The lowest BCUT2D eigenvalue weighted by atomic mass is 10.1. The largest absolute Gasteiger partial charge is 0.384 e. The summed E-state index contributed by atoms with van der Waals surface area (Å²) >= 11 is 0. The summed E-state index contributed by atoms with van der Waals surface area (Å²) in [5.41, 5.74) is 6.56. The van der Waals surface area contributed by atoms with E-state index in [-0.39, 0.29) is 5.84 Å². The van der Waals surface area contributed by atoms with Crippen molar-refractivity contribution < 1.29 is 9.63 Å². The highest BCUT2D eigenvalue weighted by Crippen LogP contribution is 1.99. The predicted octanol–water partition coefficient (Wildman–Crippen LogP) is 1.06. The molecule has 14 heavy (non-hydrogen) atoms. The van der Waals surface area contributed by atoms with Crippen LogP contribution in [0.5, 0.6) is 0 Å². The number of nitrogens with two attached hydrogens (primary N) is 1. The summed E-state index contributed by atoms with van der Waals surface area (Å²) in [6, 6.07) is 9.60. The Labute approximate surface area is 82.4 Å². The molecule has 0 saturated heterocycles. The molecule has 0 radical (unpaired) electrons. The fraction of sp³-hybridized carbons (Fsp3) is 0.200. The lowest BCUT2D eigenvalue weighted by Gasteiger charge is -1.99. The first-order valence-electron chi connectivity index (χ1n) is 4.22. The zero-order valence-electron chi connectivity index (χ0n) is 7.93. The standard InChI is InChI=1S/C10H12N2O2/c1-8(13)14-12-10(11)7-9-5-3-2-4-6-9/h2-6H,7H2,1H3,(H2,11,12). The number of nitrogens with zero attached hydrogens (tertiary/aromatic N) is 1. The van der Waals surface area contributed by atoms with Crippen LogP contribution in [0.1, 0.15) is 12.5 Å². The number of carbonyl (C=O) groups excluding carboxylic acids is 1. The second kappa shape index (κ2) is 5.01. The predicted molar refractivity (Wildman–Crippen MR) is 53.5 cm³/mol. The van der Waals surface area contributed by atoms with Gasteiger partial charge >= 0.3 is 5.97 Å². The number of hydrogen-bond acceptors (Lipinski definition) is 3. The summed E-state index contributed by atoms with van der Waals surface area (Å²) in [6.07, 6.45) is 0.480. The molecule has 0 atom stereocenters. The molecule has 0 bridgehead atoms. The van der Waals surface area contributed by atoms with Crippen molar-refractivity contribution in [2.24, 2.45) is 10.9 Å². The number of benzene rings is 1. The lowest BCUT2D eigenvalue weighted by Crippen LogP contribution is -2.16. The van der Waals surface area contributed by atoms with E-state index < -0.39 is 5.97 Å². The van der Waals surface area contributed by atoms with Gasteiger partial charge in [-0.05, 0) is 5.56 Å². The van der Waals surface area contributed by atoms with Gasteiger partial charge in [-0.15, -0.1) is 0 Å². The molecule has 0 heterocycles. The molecule has 4 nitrogen and oxygen atoms in total. The third-order valence-electron chi connectivity index (χ3n) is 1.52. The van der Waals surface area contributed by atoms with Crippen molar-refractivity contribution in [1.82, 2.24) is 0 Å². The van der Waals surface area contributed by atoms with Crippen molar-refractivity contribution in [1.29, 1.82) is 0 Å². The normalized spacial score (nSPS) is 11.1. The first kappa shape index (κ1) is 10.2. The molecule has 0 aromatic heterocycles. The highest BCUT2D eigenvalue weighted by molar-refractivity contribution is 5.82. The summed E-state index contributed by atoms with van der Waals surface area (Å²) in [6.45, 7) is 1.28. The molecule has 0 saturated carbocycles. The quantitative estimate of drug-likeness (QED) is 0.337. The molecule has 0 aliphatic carbocycles. The molecule has 4 heteroatoms. The van der Waals surface area contributed by atoms with Crippen LogP contribution in [-0.2, 0) is 16.1 Å². The van der Waals surface area contributed by atoms with Crippen LogP contribution in [0.4, 0.5) is 0 Å². The van der Waals surface area contributed by atoms with Crippen molar-refractivity contribution in [3.63, 3.8) is 0 Å².